The number of nitrogens with zero attached hydrogens (tertiary/aromatic N) is 2. The van der Waals surface area contributed by atoms with Gasteiger partial charge >= 0.3 is 0 Å². The van der Waals surface area contributed by atoms with Crippen molar-refractivity contribution in [1.29, 1.82) is 0 Å². The van der Waals surface area contributed by atoms with Crippen LogP contribution < -0.4 is 5.73 Å². The third kappa shape index (κ3) is 3.58. The van der Waals surface area contributed by atoms with Crippen molar-refractivity contribution >= 4 is 10.0 Å². The summed E-state index contributed by atoms with van der Waals surface area (Å²) in [6, 6.07) is 6.67. The predicted octanol–water partition coefficient (Wildman–Crippen LogP) is 1.62. The molecule has 2 N–H and O–H groups in total. The molecule has 1 aromatic rings. The van der Waals surface area contributed by atoms with E-state index in [9.17, 15) is 8.42 Å². The second-order valence-corrected chi connectivity index (χ2v) is 7.23. The average Bonchev–Trinajstić information content (AvgIpc) is 2.39. The second-order valence-electron chi connectivity index (χ2n) is 5.23. The monoisotopic (exact) mass is 299 g/mol. The van der Waals surface area contributed by atoms with E-state index in [-0.39, 0.29) is 12.2 Å². The lowest BCUT2D eigenvalue weighted by Crippen LogP contribution is -2.45. The molecule has 0 amide bonds. The predicted molar refractivity (Wildman–Crippen MR) is 81.8 cm³/mol. The summed E-state index contributed by atoms with van der Waals surface area (Å²) in [5.41, 5.74) is 6.70. The molecule has 0 aliphatic heterocycles. The summed E-state index contributed by atoms with van der Waals surface area (Å²) >= 11 is 0. The number of rotatable bonds is 6. The molecule has 0 aliphatic carbocycles. The summed E-state index contributed by atoms with van der Waals surface area (Å²) in [6.07, 6.45) is 0.564. The Kier molecular flexibility index (Phi) is 5.70. The van der Waals surface area contributed by atoms with E-state index in [0.29, 0.717) is 4.90 Å². The molecule has 0 heterocycles. The third-order valence-electron chi connectivity index (χ3n) is 3.46. The highest BCUT2D eigenvalue weighted by molar-refractivity contribution is 7.89. The number of sulfonamides is 1. The van der Waals surface area contributed by atoms with Crippen molar-refractivity contribution in [3.05, 3.63) is 29.8 Å². The zero-order valence-electron chi connectivity index (χ0n) is 12.9. The normalized spacial score (nSPS) is 15.6. The van der Waals surface area contributed by atoms with Crippen LogP contribution in [0.5, 0.6) is 0 Å². The van der Waals surface area contributed by atoms with Crippen LogP contribution in [0, 0.1) is 0 Å². The maximum Gasteiger partial charge on any atom is 0.244 e. The van der Waals surface area contributed by atoms with Crippen LogP contribution in [0.15, 0.2) is 29.2 Å². The molecule has 20 heavy (non-hydrogen) atoms. The Morgan fingerprint density at radius 2 is 1.65 bits per heavy atom. The van der Waals surface area contributed by atoms with E-state index in [1.54, 1.807) is 31.3 Å². The first-order chi connectivity index (χ1) is 9.21. The molecular weight excluding hydrogens is 274 g/mol. The van der Waals surface area contributed by atoms with E-state index in [0.717, 1.165) is 12.0 Å². The van der Waals surface area contributed by atoms with E-state index in [1.807, 2.05) is 32.8 Å². The quantitative estimate of drug-likeness (QED) is 0.811. The molecular formula is C14H25N3O2S. The standard InChI is InChI=1S/C14H25N3O2S/c1-6-14(16(3)4)17(5)20(18,19)13-9-7-12(8-10-13)11(2)15/h7-11,14H,6,15H2,1-5H3. The first-order valence-electron chi connectivity index (χ1n) is 6.71. The zero-order valence-corrected chi connectivity index (χ0v) is 13.7. The van der Waals surface area contributed by atoms with Gasteiger partial charge in [0.1, 0.15) is 0 Å². The molecule has 5 nitrogen and oxygen atoms in total. The number of hydrogen-bond acceptors (Lipinski definition) is 4. The minimum atomic E-state index is -3.49. The minimum Gasteiger partial charge on any atom is -0.324 e. The van der Waals surface area contributed by atoms with Crippen LogP contribution in [0.3, 0.4) is 0 Å². The van der Waals surface area contributed by atoms with Gasteiger partial charge in [-0.2, -0.15) is 4.31 Å². The zero-order chi connectivity index (χ0) is 15.5. The van der Waals surface area contributed by atoms with Crippen LogP contribution in [-0.4, -0.2) is 44.9 Å². The minimum absolute atomic E-state index is 0.102. The highest BCUT2D eigenvalue weighted by Crippen LogP contribution is 2.20. The van der Waals surface area contributed by atoms with Crippen molar-refractivity contribution in [2.75, 3.05) is 21.1 Å². The Morgan fingerprint density at radius 1 is 1.15 bits per heavy atom. The Balaban J connectivity index is 3.09. The summed E-state index contributed by atoms with van der Waals surface area (Å²) < 4.78 is 26.6. The molecule has 2 unspecified atom stereocenters. The van der Waals surface area contributed by atoms with Crippen molar-refractivity contribution in [3.8, 4) is 0 Å². The smallest absolute Gasteiger partial charge is 0.244 e. The van der Waals surface area contributed by atoms with E-state index in [1.165, 1.54) is 4.31 Å². The van der Waals surface area contributed by atoms with Crippen molar-refractivity contribution in [2.45, 2.75) is 37.4 Å². The first-order valence-corrected chi connectivity index (χ1v) is 8.15. The Labute approximate surface area is 122 Å². The molecule has 0 aliphatic rings. The van der Waals surface area contributed by atoms with Gasteiger partial charge in [0.05, 0.1) is 11.1 Å². The first kappa shape index (κ1) is 17.1. The van der Waals surface area contributed by atoms with Crippen molar-refractivity contribution in [1.82, 2.24) is 9.21 Å². The summed E-state index contributed by atoms with van der Waals surface area (Å²) in [5, 5.41) is 0. The molecule has 1 rings (SSSR count). The summed E-state index contributed by atoms with van der Waals surface area (Å²) in [7, 11) is 1.88. The van der Waals surface area contributed by atoms with Gasteiger partial charge in [0.25, 0.3) is 0 Å². The summed E-state index contributed by atoms with van der Waals surface area (Å²) in [5.74, 6) is 0. The molecule has 1 aromatic carbocycles. The van der Waals surface area contributed by atoms with Gasteiger partial charge in [-0.3, -0.25) is 4.90 Å². The van der Waals surface area contributed by atoms with E-state index >= 15 is 0 Å². The number of hydrogen-bond donors (Lipinski definition) is 1. The van der Waals surface area contributed by atoms with Gasteiger partial charge in [0.2, 0.25) is 10.0 Å². The van der Waals surface area contributed by atoms with Gasteiger partial charge < -0.3 is 5.73 Å². The summed E-state index contributed by atoms with van der Waals surface area (Å²) in [4.78, 5) is 2.19. The molecule has 0 bridgehead atoms. The van der Waals surface area contributed by atoms with Gasteiger partial charge in [-0.05, 0) is 45.1 Å². The molecule has 0 aromatic heterocycles. The van der Waals surface area contributed by atoms with Crippen molar-refractivity contribution < 1.29 is 8.42 Å². The van der Waals surface area contributed by atoms with E-state index in [2.05, 4.69) is 0 Å². The van der Waals surface area contributed by atoms with Gasteiger partial charge in [-0.1, -0.05) is 19.1 Å². The Morgan fingerprint density at radius 3 is 2.00 bits per heavy atom. The molecule has 0 saturated carbocycles. The van der Waals surface area contributed by atoms with Gasteiger partial charge in [-0.25, -0.2) is 8.42 Å². The highest BCUT2D eigenvalue weighted by Gasteiger charge is 2.28. The largest absolute Gasteiger partial charge is 0.324 e. The third-order valence-corrected chi connectivity index (χ3v) is 5.33. The van der Waals surface area contributed by atoms with E-state index < -0.39 is 10.0 Å². The Hall–Kier alpha value is -0.950. The van der Waals surface area contributed by atoms with Crippen molar-refractivity contribution in [3.63, 3.8) is 0 Å². The molecule has 2 atom stereocenters. The highest BCUT2D eigenvalue weighted by atomic mass is 32.2. The van der Waals surface area contributed by atoms with Crippen LogP contribution >= 0.6 is 0 Å². The molecule has 0 spiro atoms. The number of benzene rings is 1. The average molecular weight is 299 g/mol. The lowest BCUT2D eigenvalue weighted by Gasteiger charge is -2.31. The van der Waals surface area contributed by atoms with Gasteiger partial charge in [0, 0.05) is 13.1 Å². The fraction of sp³-hybridized carbons (Fsp3) is 0.571. The maximum atomic E-state index is 12.6. The van der Waals surface area contributed by atoms with Crippen LogP contribution in [0.2, 0.25) is 0 Å². The van der Waals surface area contributed by atoms with Crippen LogP contribution in [0.25, 0.3) is 0 Å². The van der Waals surface area contributed by atoms with Crippen molar-refractivity contribution in [2.24, 2.45) is 5.73 Å². The lowest BCUT2D eigenvalue weighted by molar-refractivity contribution is 0.170. The maximum absolute atomic E-state index is 12.6. The van der Waals surface area contributed by atoms with Crippen LogP contribution in [0.1, 0.15) is 31.9 Å². The molecule has 114 valence electrons. The van der Waals surface area contributed by atoms with E-state index in [4.69, 9.17) is 5.73 Å². The second kappa shape index (κ2) is 6.67. The summed E-state index contributed by atoms with van der Waals surface area (Å²) in [6.45, 7) is 3.84. The van der Waals surface area contributed by atoms with Crippen LogP contribution in [-0.2, 0) is 10.0 Å². The fourth-order valence-electron chi connectivity index (χ4n) is 2.22. The topological polar surface area (TPSA) is 66.6 Å². The fourth-order valence-corrected chi connectivity index (χ4v) is 3.69. The van der Waals surface area contributed by atoms with Gasteiger partial charge in [0.15, 0.2) is 0 Å². The number of nitrogens with two attached hydrogens (primary N) is 1. The molecule has 6 heteroatoms. The van der Waals surface area contributed by atoms with Gasteiger partial charge in [-0.15, -0.1) is 0 Å². The SMILES string of the molecule is CCC(N(C)C)N(C)S(=O)(=O)c1ccc(C(C)N)cc1. The lowest BCUT2D eigenvalue weighted by atomic mass is 10.1. The van der Waals surface area contributed by atoms with Crippen LogP contribution in [0.4, 0.5) is 0 Å². The Bertz CT molecular complexity index is 524. The molecule has 0 radical (unpaired) electrons. The molecule has 0 fully saturated rings. The molecule has 0 saturated heterocycles.